The molecule has 0 saturated carbocycles. The summed E-state index contributed by atoms with van der Waals surface area (Å²) in [6.07, 6.45) is 2.32. The number of hydrogen-bond acceptors (Lipinski definition) is 3. The molecule has 1 heterocycles. The number of benzene rings is 1. The third-order valence-electron chi connectivity index (χ3n) is 2.81. The van der Waals surface area contributed by atoms with Crippen molar-refractivity contribution in [1.29, 1.82) is 0 Å². The summed E-state index contributed by atoms with van der Waals surface area (Å²) >= 11 is 3.37. The molecule has 0 atom stereocenters. The van der Waals surface area contributed by atoms with Crippen LogP contribution in [0.3, 0.4) is 0 Å². The van der Waals surface area contributed by atoms with Crippen molar-refractivity contribution in [3.05, 3.63) is 47.5 Å². The van der Waals surface area contributed by atoms with Crippen molar-refractivity contribution in [3.8, 4) is 0 Å². The zero-order valence-corrected chi connectivity index (χ0v) is 12.2. The van der Waals surface area contributed by atoms with Gasteiger partial charge in [-0.15, -0.1) is 10.2 Å². The fourth-order valence-electron chi connectivity index (χ4n) is 1.67. The predicted molar refractivity (Wildman–Crippen MR) is 76.1 cm³/mol. The molecule has 0 aliphatic carbocycles. The first-order chi connectivity index (χ1) is 9.20. The average Bonchev–Trinajstić information content (AvgIpc) is 2.84. The molecule has 0 saturated heterocycles. The highest BCUT2D eigenvalue weighted by Gasteiger charge is 2.06. The van der Waals surface area contributed by atoms with Gasteiger partial charge in [-0.1, -0.05) is 28.1 Å². The van der Waals surface area contributed by atoms with Gasteiger partial charge in [-0.3, -0.25) is 4.79 Å². The van der Waals surface area contributed by atoms with E-state index in [4.69, 9.17) is 0 Å². The van der Waals surface area contributed by atoms with Gasteiger partial charge in [-0.25, -0.2) is 0 Å². The summed E-state index contributed by atoms with van der Waals surface area (Å²) < 4.78 is 1.84. The second-order valence-corrected chi connectivity index (χ2v) is 4.76. The van der Waals surface area contributed by atoms with E-state index in [1.807, 2.05) is 35.9 Å². The number of aryl methyl sites for hydroxylation is 1. The third-order valence-corrected chi connectivity index (χ3v) is 3.46. The van der Waals surface area contributed by atoms with Crippen molar-refractivity contribution in [2.24, 2.45) is 7.05 Å². The molecule has 2 aromatic rings. The Bertz CT molecular complexity index is 550. The lowest BCUT2D eigenvalue weighted by atomic mass is 10.1. The van der Waals surface area contributed by atoms with Crippen molar-refractivity contribution < 1.29 is 4.79 Å². The molecule has 1 aromatic carbocycles. The molecule has 0 radical (unpaired) electrons. The molecular weight excluding hydrogens is 308 g/mol. The fraction of sp³-hybridized carbons (Fsp3) is 0.308. The van der Waals surface area contributed by atoms with Crippen molar-refractivity contribution in [3.63, 3.8) is 0 Å². The molecule has 1 N–H and O–H groups in total. The number of rotatable bonds is 5. The normalized spacial score (nSPS) is 10.4. The Balaban J connectivity index is 1.85. The van der Waals surface area contributed by atoms with Gasteiger partial charge < -0.3 is 9.88 Å². The number of nitrogens with one attached hydrogen (secondary N) is 1. The van der Waals surface area contributed by atoms with Crippen molar-refractivity contribution >= 4 is 21.8 Å². The molecule has 6 heteroatoms. The Kier molecular flexibility index (Phi) is 4.68. The van der Waals surface area contributed by atoms with Gasteiger partial charge in [0.2, 0.25) is 0 Å². The molecule has 5 nitrogen and oxygen atoms in total. The highest BCUT2D eigenvalue weighted by atomic mass is 79.9. The Labute approximate surface area is 120 Å². The summed E-state index contributed by atoms with van der Waals surface area (Å²) in [5.74, 6) is 0.790. The predicted octanol–water partition coefficient (Wildman–Crippen LogP) is 1.68. The van der Waals surface area contributed by atoms with Crippen LogP contribution in [0.15, 0.2) is 30.6 Å². The van der Waals surface area contributed by atoms with Crippen LogP contribution >= 0.6 is 15.9 Å². The molecule has 0 unspecified atom stereocenters. The van der Waals surface area contributed by atoms with E-state index in [0.717, 1.165) is 16.7 Å². The van der Waals surface area contributed by atoms with Crippen molar-refractivity contribution in [2.45, 2.75) is 11.8 Å². The number of nitrogens with zero attached hydrogens (tertiary/aromatic N) is 3. The van der Waals surface area contributed by atoms with Gasteiger partial charge >= 0.3 is 0 Å². The highest BCUT2D eigenvalue weighted by molar-refractivity contribution is 9.08. The van der Waals surface area contributed by atoms with Crippen LogP contribution in [-0.2, 0) is 18.8 Å². The summed E-state index contributed by atoms with van der Waals surface area (Å²) in [6, 6.07) is 7.53. The van der Waals surface area contributed by atoms with Gasteiger partial charge in [-0.2, -0.15) is 0 Å². The molecule has 19 heavy (non-hydrogen) atoms. The number of alkyl halides is 1. The van der Waals surface area contributed by atoms with E-state index >= 15 is 0 Å². The SMILES string of the molecule is Cn1cnnc1CCNC(=O)c1ccc(CBr)cc1. The number of aromatic nitrogens is 3. The number of carbonyl (C=O) groups is 1. The van der Waals surface area contributed by atoms with Gasteiger partial charge in [0, 0.05) is 30.9 Å². The minimum atomic E-state index is -0.0664. The van der Waals surface area contributed by atoms with E-state index in [-0.39, 0.29) is 5.91 Å². The summed E-state index contributed by atoms with van der Waals surface area (Å²) in [4.78, 5) is 11.9. The number of hydrogen-bond donors (Lipinski definition) is 1. The summed E-state index contributed by atoms with van der Waals surface area (Å²) in [7, 11) is 1.89. The Morgan fingerprint density at radius 1 is 1.37 bits per heavy atom. The minimum absolute atomic E-state index is 0.0664. The maximum atomic E-state index is 11.9. The smallest absolute Gasteiger partial charge is 0.251 e. The quantitative estimate of drug-likeness (QED) is 0.852. The molecular formula is C13H15BrN4O. The second kappa shape index (κ2) is 6.47. The molecule has 0 aliphatic rings. The van der Waals surface area contributed by atoms with E-state index in [9.17, 15) is 4.79 Å². The second-order valence-electron chi connectivity index (χ2n) is 4.19. The standard InChI is InChI=1S/C13H15BrN4O/c1-18-9-16-17-12(18)6-7-15-13(19)11-4-2-10(8-14)3-5-11/h2-5,9H,6-8H2,1H3,(H,15,19). The van der Waals surface area contributed by atoms with E-state index in [2.05, 4.69) is 31.4 Å². The van der Waals surface area contributed by atoms with Gasteiger partial charge in [0.25, 0.3) is 5.91 Å². The van der Waals surface area contributed by atoms with Gasteiger partial charge in [-0.05, 0) is 17.7 Å². The molecule has 100 valence electrons. The minimum Gasteiger partial charge on any atom is -0.352 e. The van der Waals surface area contributed by atoms with Crippen LogP contribution in [0.25, 0.3) is 0 Å². The van der Waals surface area contributed by atoms with Crippen LogP contribution in [0.5, 0.6) is 0 Å². The molecule has 0 fully saturated rings. The van der Waals surface area contributed by atoms with Crippen LogP contribution in [0.4, 0.5) is 0 Å². The highest BCUT2D eigenvalue weighted by Crippen LogP contribution is 2.07. The largest absolute Gasteiger partial charge is 0.352 e. The molecule has 0 aliphatic heterocycles. The maximum absolute atomic E-state index is 11.9. The summed E-state index contributed by atoms with van der Waals surface area (Å²) in [5, 5.41) is 11.4. The molecule has 2 rings (SSSR count). The van der Waals surface area contributed by atoms with Crippen molar-refractivity contribution in [2.75, 3.05) is 6.54 Å². The first-order valence-electron chi connectivity index (χ1n) is 5.96. The van der Waals surface area contributed by atoms with Gasteiger partial charge in [0.05, 0.1) is 0 Å². The Morgan fingerprint density at radius 2 is 2.11 bits per heavy atom. The lowest BCUT2D eigenvalue weighted by Crippen LogP contribution is -2.26. The molecule has 1 aromatic heterocycles. The van der Waals surface area contributed by atoms with E-state index < -0.39 is 0 Å². The van der Waals surface area contributed by atoms with E-state index in [0.29, 0.717) is 18.5 Å². The topological polar surface area (TPSA) is 59.8 Å². The first-order valence-corrected chi connectivity index (χ1v) is 7.09. The Morgan fingerprint density at radius 3 is 2.68 bits per heavy atom. The summed E-state index contributed by atoms with van der Waals surface area (Å²) in [6.45, 7) is 0.547. The number of carbonyl (C=O) groups excluding carboxylic acids is 1. The van der Waals surface area contributed by atoms with Gasteiger partial charge in [0.15, 0.2) is 0 Å². The lowest BCUT2D eigenvalue weighted by molar-refractivity contribution is 0.0954. The Hall–Kier alpha value is -1.69. The maximum Gasteiger partial charge on any atom is 0.251 e. The van der Waals surface area contributed by atoms with Crippen LogP contribution in [-0.4, -0.2) is 27.2 Å². The van der Waals surface area contributed by atoms with E-state index in [1.54, 1.807) is 6.33 Å². The lowest BCUT2D eigenvalue weighted by Gasteiger charge is -2.05. The fourth-order valence-corrected chi connectivity index (χ4v) is 2.04. The number of amides is 1. The van der Waals surface area contributed by atoms with Crippen LogP contribution in [0, 0.1) is 0 Å². The molecule has 0 spiro atoms. The molecule has 1 amide bonds. The van der Waals surface area contributed by atoms with Crippen LogP contribution in [0.1, 0.15) is 21.7 Å². The van der Waals surface area contributed by atoms with Crippen LogP contribution < -0.4 is 5.32 Å². The monoisotopic (exact) mass is 322 g/mol. The first kappa shape index (κ1) is 13.7. The van der Waals surface area contributed by atoms with Gasteiger partial charge in [0.1, 0.15) is 12.2 Å². The zero-order valence-electron chi connectivity index (χ0n) is 10.6. The van der Waals surface area contributed by atoms with Crippen LogP contribution in [0.2, 0.25) is 0 Å². The van der Waals surface area contributed by atoms with Crippen molar-refractivity contribution in [1.82, 2.24) is 20.1 Å². The third kappa shape index (κ3) is 3.64. The average molecular weight is 323 g/mol. The van der Waals surface area contributed by atoms with E-state index in [1.165, 1.54) is 0 Å². The number of halogens is 1. The molecule has 0 bridgehead atoms. The zero-order chi connectivity index (χ0) is 13.7. The summed E-state index contributed by atoms with van der Waals surface area (Å²) in [5.41, 5.74) is 1.82.